The highest BCUT2D eigenvalue weighted by atomic mass is 32.1. The molecule has 2 aliphatic rings. The largest absolute Gasteiger partial charge is 0.492 e. The number of H-pyrrole nitrogens is 1. The van der Waals surface area contributed by atoms with Crippen LogP contribution in [0, 0.1) is 0 Å². The standard InChI is InChI=1S/C28H30N4O2S/c1-31-11-12-34-26-7-5-20(16-22(26)17-31)27-23-14-19(4-6-24(23)29-30-27)15-25(33)28(21-8-13-35-18-21)32-9-2-3-10-32/h4-8,13-14,16,18,28H,2-3,9-12,15,17H2,1H3,(H,29,30). The minimum atomic E-state index is -0.148. The number of nitrogens with one attached hydrogen (secondary N) is 1. The number of rotatable bonds is 6. The molecule has 0 radical (unpaired) electrons. The first-order chi connectivity index (χ1) is 17.2. The molecular weight excluding hydrogens is 456 g/mol. The minimum Gasteiger partial charge on any atom is -0.492 e. The first-order valence-electron chi connectivity index (χ1n) is 12.4. The first kappa shape index (κ1) is 22.5. The number of Topliss-reactive ketones (excluding diaryl/α,β-unsaturated/α-hetero) is 1. The summed E-state index contributed by atoms with van der Waals surface area (Å²) in [7, 11) is 2.11. The SMILES string of the molecule is CN1CCOc2ccc(-c3n[nH]c4ccc(CC(=O)C(c5ccsc5)N5CCCC5)cc34)cc2C1. The summed E-state index contributed by atoms with van der Waals surface area (Å²) in [6, 6.07) is 14.5. The zero-order valence-corrected chi connectivity index (χ0v) is 20.8. The Labute approximate surface area is 209 Å². The van der Waals surface area contributed by atoms with Crippen molar-refractivity contribution in [1.29, 1.82) is 0 Å². The quantitative estimate of drug-likeness (QED) is 0.413. The molecule has 4 aromatic rings. The first-order valence-corrected chi connectivity index (χ1v) is 13.3. The van der Waals surface area contributed by atoms with Crippen LogP contribution >= 0.6 is 11.3 Å². The summed E-state index contributed by atoms with van der Waals surface area (Å²) in [6.07, 6.45) is 2.75. The van der Waals surface area contributed by atoms with Crippen molar-refractivity contribution in [1.82, 2.24) is 20.0 Å². The van der Waals surface area contributed by atoms with Gasteiger partial charge in [-0.15, -0.1) is 0 Å². The molecule has 7 heteroatoms. The van der Waals surface area contributed by atoms with E-state index >= 15 is 0 Å². The molecule has 0 bridgehead atoms. The molecule has 4 heterocycles. The number of benzene rings is 2. The Morgan fingerprint density at radius 3 is 2.86 bits per heavy atom. The van der Waals surface area contributed by atoms with Crippen molar-refractivity contribution in [3.63, 3.8) is 0 Å². The highest BCUT2D eigenvalue weighted by Gasteiger charge is 2.30. The second kappa shape index (κ2) is 9.57. The molecular formula is C28H30N4O2S. The summed E-state index contributed by atoms with van der Waals surface area (Å²) >= 11 is 1.66. The van der Waals surface area contributed by atoms with Gasteiger partial charge in [0.1, 0.15) is 12.4 Å². The van der Waals surface area contributed by atoms with Crippen LogP contribution in [0.5, 0.6) is 5.75 Å². The molecule has 6 rings (SSSR count). The lowest BCUT2D eigenvalue weighted by Crippen LogP contribution is -2.32. The molecule has 0 aliphatic carbocycles. The number of fused-ring (bicyclic) bond motifs is 2. The van der Waals surface area contributed by atoms with Crippen molar-refractivity contribution in [2.75, 3.05) is 33.3 Å². The Bertz CT molecular complexity index is 1340. The Morgan fingerprint density at radius 2 is 2.03 bits per heavy atom. The van der Waals surface area contributed by atoms with Crippen LogP contribution in [-0.2, 0) is 17.8 Å². The minimum absolute atomic E-state index is 0.148. The Morgan fingerprint density at radius 1 is 1.14 bits per heavy atom. The summed E-state index contributed by atoms with van der Waals surface area (Å²) in [5.74, 6) is 1.21. The summed E-state index contributed by atoms with van der Waals surface area (Å²) in [5.41, 5.74) is 6.29. The van der Waals surface area contributed by atoms with Crippen LogP contribution in [0.3, 0.4) is 0 Å². The van der Waals surface area contributed by atoms with Gasteiger partial charge in [0.2, 0.25) is 0 Å². The number of carbonyl (C=O) groups excluding carboxylic acids is 1. The van der Waals surface area contributed by atoms with E-state index in [2.05, 4.69) is 74.2 Å². The zero-order valence-electron chi connectivity index (χ0n) is 20.0. The normalized spacial score (nSPS) is 17.7. The molecule has 1 N–H and O–H groups in total. The third-order valence-corrected chi connectivity index (χ3v) is 7.88. The van der Waals surface area contributed by atoms with Gasteiger partial charge in [-0.3, -0.25) is 19.7 Å². The van der Waals surface area contributed by atoms with Crippen molar-refractivity contribution in [2.24, 2.45) is 0 Å². The van der Waals surface area contributed by atoms with Crippen molar-refractivity contribution in [2.45, 2.75) is 31.8 Å². The Balaban J connectivity index is 1.30. The maximum Gasteiger partial charge on any atom is 0.158 e. The van der Waals surface area contributed by atoms with Crippen molar-refractivity contribution in [3.05, 3.63) is 69.9 Å². The monoisotopic (exact) mass is 486 g/mol. The number of ketones is 1. The van der Waals surface area contributed by atoms with E-state index in [9.17, 15) is 4.79 Å². The van der Waals surface area contributed by atoms with Crippen LogP contribution in [0.1, 0.15) is 35.6 Å². The maximum atomic E-state index is 13.6. The molecule has 35 heavy (non-hydrogen) atoms. The van der Waals surface area contributed by atoms with E-state index < -0.39 is 0 Å². The number of aromatic amines is 1. The van der Waals surface area contributed by atoms with Gasteiger partial charge in [0.05, 0.1) is 17.3 Å². The number of carbonyl (C=O) groups is 1. The number of thiophene rings is 1. The number of likely N-dealkylation sites (N-methyl/N-ethyl adjacent to an activating group) is 1. The molecule has 1 atom stereocenters. The topological polar surface area (TPSA) is 61.5 Å². The fraction of sp³-hybridized carbons (Fsp3) is 0.357. The number of hydrogen-bond donors (Lipinski definition) is 1. The lowest BCUT2D eigenvalue weighted by molar-refractivity contribution is -0.123. The zero-order chi connectivity index (χ0) is 23.8. The molecule has 6 nitrogen and oxygen atoms in total. The van der Waals surface area contributed by atoms with E-state index in [1.807, 2.05) is 6.07 Å². The van der Waals surface area contributed by atoms with Gasteiger partial charge in [-0.25, -0.2) is 0 Å². The van der Waals surface area contributed by atoms with Crippen LogP contribution in [0.25, 0.3) is 22.2 Å². The molecule has 1 saturated heterocycles. The molecule has 2 aromatic heterocycles. The van der Waals surface area contributed by atoms with E-state index in [0.717, 1.165) is 65.2 Å². The molecule has 1 unspecified atom stereocenters. The van der Waals surface area contributed by atoms with Gasteiger partial charge < -0.3 is 4.74 Å². The number of nitrogens with zero attached hydrogens (tertiary/aromatic N) is 3. The van der Waals surface area contributed by atoms with Crippen molar-refractivity contribution in [3.8, 4) is 17.0 Å². The summed E-state index contributed by atoms with van der Waals surface area (Å²) in [5, 5.41) is 13.1. The Hall–Kier alpha value is -3.00. The van der Waals surface area contributed by atoms with Gasteiger partial charge in [0.25, 0.3) is 0 Å². The third-order valence-electron chi connectivity index (χ3n) is 7.18. The van der Waals surface area contributed by atoms with Gasteiger partial charge in [0, 0.05) is 36.0 Å². The van der Waals surface area contributed by atoms with Crippen LogP contribution in [0.2, 0.25) is 0 Å². The Kier molecular flexibility index (Phi) is 6.14. The number of ether oxygens (including phenoxy) is 1. The van der Waals surface area contributed by atoms with Crippen LogP contribution in [-0.4, -0.2) is 59.1 Å². The highest BCUT2D eigenvalue weighted by molar-refractivity contribution is 7.08. The number of likely N-dealkylation sites (tertiary alicyclic amines) is 1. The van der Waals surface area contributed by atoms with Gasteiger partial charge >= 0.3 is 0 Å². The molecule has 1 fully saturated rings. The smallest absolute Gasteiger partial charge is 0.158 e. The summed E-state index contributed by atoms with van der Waals surface area (Å²) in [6.45, 7) is 4.46. The van der Waals surface area contributed by atoms with Gasteiger partial charge in [0.15, 0.2) is 5.78 Å². The van der Waals surface area contributed by atoms with Gasteiger partial charge in [-0.05, 0) is 91.3 Å². The summed E-state index contributed by atoms with van der Waals surface area (Å²) < 4.78 is 5.93. The highest BCUT2D eigenvalue weighted by Crippen LogP contribution is 2.33. The van der Waals surface area contributed by atoms with Gasteiger partial charge in [-0.1, -0.05) is 6.07 Å². The van der Waals surface area contributed by atoms with Crippen molar-refractivity contribution < 1.29 is 9.53 Å². The van der Waals surface area contributed by atoms with E-state index in [0.29, 0.717) is 13.0 Å². The second-order valence-corrected chi connectivity index (χ2v) is 10.5. The molecule has 180 valence electrons. The summed E-state index contributed by atoms with van der Waals surface area (Å²) in [4.78, 5) is 18.2. The fourth-order valence-corrected chi connectivity index (χ4v) is 6.07. The molecule has 0 spiro atoms. The maximum absolute atomic E-state index is 13.6. The molecule has 2 aliphatic heterocycles. The van der Waals surface area contributed by atoms with Gasteiger partial charge in [-0.2, -0.15) is 16.4 Å². The van der Waals surface area contributed by atoms with E-state index in [-0.39, 0.29) is 11.8 Å². The third kappa shape index (κ3) is 4.51. The predicted octanol–water partition coefficient (Wildman–Crippen LogP) is 5.06. The predicted molar refractivity (Wildman–Crippen MR) is 140 cm³/mol. The molecule has 0 amide bonds. The van der Waals surface area contributed by atoms with Crippen LogP contribution in [0.15, 0.2) is 53.2 Å². The van der Waals surface area contributed by atoms with E-state index in [4.69, 9.17) is 4.74 Å². The fourth-order valence-electron chi connectivity index (χ4n) is 5.39. The van der Waals surface area contributed by atoms with Crippen LogP contribution in [0.4, 0.5) is 0 Å². The van der Waals surface area contributed by atoms with E-state index in [1.165, 1.54) is 18.4 Å². The number of hydrogen-bond acceptors (Lipinski definition) is 6. The molecule has 0 saturated carbocycles. The van der Waals surface area contributed by atoms with E-state index in [1.54, 1.807) is 11.3 Å². The second-order valence-electron chi connectivity index (χ2n) is 9.71. The number of aromatic nitrogens is 2. The molecule has 2 aromatic carbocycles. The lowest BCUT2D eigenvalue weighted by Gasteiger charge is -2.26. The van der Waals surface area contributed by atoms with Crippen LogP contribution < -0.4 is 4.74 Å². The lowest BCUT2D eigenvalue weighted by atomic mass is 9.96. The average molecular weight is 487 g/mol. The average Bonchev–Trinajstić information content (AvgIpc) is 3.61. The van der Waals surface area contributed by atoms with Crippen molar-refractivity contribution >= 4 is 28.0 Å².